The summed E-state index contributed by atoms with van der Waals surface area (Å²) in [4.78, 5) is 13.4. The van der Waals surface area contributed by atoms with Crippen molar-refractivity contribution >= 4 is 5.97 Å². The predicted octanol–water partition coefficient (Wildman–Crippen LogP) is 2.88. The number of nitrogens with zero attached hydrogens (tertiary/aromatic N) is 1. The smallest absolute Gasteiger partial charge is 0.339 e. The third-order valence-corrected chi connectivity index (χ3v) is 4.03. The van der Waals surface area contributed by atoms with Crippen molar-refractivity contribution in [2.24, 2.45) is 5.92 Å². The molecule has 4 heteroatoms. The molecular weight excluding hydrogens is 254 g/mol. The van der Waals surface area contributed by atoms with Gasteiger partial charge in [-0.3, -0.25) is 0 Å². The summed E-state index contributed by atoms with van der Waals surface area (Å²) >= 11 is 0. The van der Waals surface area contributed by atoms with Crippen LogP contribution in [-0.4, -0.2) is 42.2 Å². The number of ether oxygens (including phenoxy) is 1. The second kappa shape index (κ2) is 6.75. The molecule has 4 nitrogen and oxygen atoms in total. The maximum absolute atomic E-state index is 11.0. The van der Waals surface area contributed by atoms with Crippen LogP contribution in [-0.2, 0) is 0 Å². The molecule has 0 saturated heterocycles. The minimum Gasteiger partial charge on any atom is -0.493 e. The van der Waals surface area contributed by atoms with Crippen LogP contribution in [0, 0.1) is 5.92 Å². The van der Waals surface area contributed by atoms with Crippen molar-refractivity contribution in [1.82, 2.24) is 4.90 Å². The van der Waals surface area contributed by atoms with E-state index in [1.807, 2.05) is 0 Å². The van der Waals surface area contributed by atoms with Gasteiger partial charge in [-0.1, -0.05) is 12.1 Å². The van der Waals surface area contributed by atoms with Crippen LogP contribution in [0.4, 0.5) is 0 Å². The van der Waals surface area contributed by atoms with Gasteiger partial charge >= 0.3 is 5.97 Å². The van der Waals surface area contributed by atoms with Crippen LogP contribution in [0.5, 0.6) is 5.75 Å². The van der Waals surface area contributed by atoms with Crippen molar-refractivity contribution in [2.75, 3.05) is 20.2 Å². The highest BCUT2D eigenvalue weighted by molar-refractivity contribution is 5.90. The highest BCUT2D eigenvalue weighted by Crippen LogP contribution is 2.34. The Morgan fingerprint density at radius 1 is 1.45 bits per heavy atom. The number of carboxylic acids is 1. The SMILES string of the molecule is CC(C1CC1)N(C)CCCOc1ccccc1C(=O)O. The van der Waals surface area contributed by atoms with E-state index in [9.17, 15) is 4.79 Å². The average Bonchev–Trinajstić information content (AvgIpc) is 3.27. The van der Waals surface area contributed by atoms with Gasteiger partial charge in [0.15, 0.2) is 0 Å². The van der Waals surface area contributed by atoms with E-state index in [2.05, 4.69) is 18.9 Å². The molecule has 0 aliphatic heterocycles. The van der Waals surface area contributed by atoms with Gasteiger partial charge in [-0.05, 0) is 51.3 Å². The van der Waals surface area contributed by atoms with E-state index < -0.39 is 5.97 Å². The maximum Gasteiger partial charge on any atom is 0.339 e. The third-order valence-electron chi connectivity index (χ3n) is 4.03. The van der Waals surface area contributed by atoms with Gasteiger partial charge in [0.05, 0.1) is 6.61 Å². The number of aromatic carboxylic acids is 1. The second-order valence-electron chi connectivity index (χ2n) is 5.56. The van der Waals surface area contributed by atoms with Crippen molar-refractivity contribution in [1.29, 1.82) is 0 Å². The fraction of sp³-hybridized carbons (Fsp3) is 0.562. The van der Waals surface area contributed by atoms with Gasteiger partial charge in [0.1, 0.15) is 11.3 Å². The highest BCUT2D eigenvalue weighted by Gasteiger charge is 2.30. The molecule has 1 aromatic carbocycles. The maximum atomic E-state index is 11.0. The molecule has 1 fully saturated rings. The normalized spacial score (nSPS) is 16.1. The first-order chi connectivity index (χ1) is 9.59. The summed E-state index contributed by atoms with van der Waals surface area (Å²) in [6, 6.07) is 7.42. The molecular formula is C16H23NO3. The van der Waals surface area contributed by atoms with Crippen LogP contribution in [0.2, 0.25) is 0 Å². The van der Waals surface area contributed by atoms with Crippen LogP contribution in [0.1, 0.15) is 36.5 Å². The quantitative estimate of drug-likeness (QED) is 0.742. The molecule has 0 aromatic heterocycles. The third kappa shape index (κ3) is 3.97. The minimum atomic E-state index is -0.944. The zero-order chi connectivity index (χ0) is 14.5. The molecule has 110 valence electrons. The van der Waals surface area contributed by atoms with Crippen LogP contribution in [0.3, 0.4) is 0 Å². The number of hydrogen-bond donors (Lipinski definition) is 1. The summed E-state index contributed by atoms with van der Waals surface area (Å²) in [5.74, 6) is 0.381. The molecule has 2 rings (SSSR count). The van der Waals surface area contributed by atoms with Crippen molar-refractivity contribution in [3.05, 3.63) is 29.8 Å². The van der Waals surface area contributed by atoms with Crippen LogP contribution >= 0.6 is 0 Å². The van der Waals surface area contributed by atoms with E-state index in [4.69, 9.17) is 9.84 Å². The fourth-order valence-electron chi connectivity index (χ4n) is 2.41. The summed E-state index contributed by atoms with van der Waals surface area (Å²) in [6.07, 6.45) is 3.61. The standard InChI is InChI=1S/C16H23NO3/c1-12(13-8-9-13)17(2)10-5-11-20-15-7-4-3-6-14(15)16(18)19/h3-4,6-7,12-13H,5,8-11H2,1-2H3,(H,18,19). The Balaban J connectivity index is 1.74. The van der Waals surface area contributed by atoms with E-state index in [0.717, 1.165) is 18.9 Å². The molecule has 1 aliphatic carbocycles. The molecule has 0 heterocycles. The predicted molar refractivity (Wildman–Crippen MR) is 78.3 cm³/mol. The molecule has 0 bridgehead atoms. The number of carboxylic acid groups (broad SMARTS) is 1. The summed E-state index contributed by atoms with van der Waals surface area (Å²) in [5.41, 5.74) is 0.229. The fourth-order valence-corrected chi connectivity index (χ4v) is 2.41. The molecule has 1 aliphatic rings. The van der Waals surface area contributed by atoms with Crippen LogP contribution < -0.4 is 4.74 Å². The average molecular weight is 277 g/mol. The molecule has 0 amide bonds. The monoisotopic (exact) mass is 277 g/mol. The highest BCUT2D eigenvalue weighted by atomic mass is 16.5. The Kier molecular flexibility index (Phi) is 5.01. The Bertz CT molecular complexity index is 457. The van der Waals surface area contributed by atoms with Gasteiger partial charge in [0.25, 0.3) is 0 Å². The number of hydrogen-bond acceptors (Lipinski definition) is 3. The molecule has 0 spiro atoms. The van der Waals surface area contributed by atoms with Crippen molar-refractivity contribution in [3.63, 3.8) is 0 Å². The summed E-state index contributed by atoms with van der Waals surface area (Å²) in [6.45, 7) is 3.80. The van der Waals surface area contributed by atoms with Gasteiger partial charge in [-0.15, -0.1) is 0 Å². The van der Waals surface area contributed by atoms with Crippen molar-refractivity contribution in [3.8, 4) is 5.75 Å². The molecule has 1 aromatic rings. The van der Waals surface area contributed by atoms with Crippen LogP contribution in [0.15, 0.2) is 24.3 Å². The number of carbonyl (C=O) groups is 1. The first-order valence-electron chi connectivity index (χ1n) is 7.25. The van der Waals surface area contributed by atoms with E-state index in [1.54, 1.807) is 24.3 Å². The molecule has 20 heavy (non-hydrogen) atoms. The van der Waals surface area contributed by atoms with Gasteiger partial charge < -0.3 is 14.7 Å². The minimum absolute atomic E-state index is 0.229. The van der Waals surface area contributed by atoms with E-state index >= 15 is 0 Å². The van der Waals surface area contributed by atoms with E-state index in [1.165, 1.54) is 12.8 Å². The van der Waals surface area contributed by atoms with Gasteiger partial charge in [0.2, 0.25) is 0 Å². The first kappa shape index (κ1) is 14.9. The number of benzene rings is 1. The molecule has 1 unspecified atom stereocenters. The van der Waals surface area contributed by atoms with Crippen molar-refractivity contribution < 1.29 is 14.6 Å². The van der Waals surface area contributed by atoms with Crippen LogP contribution in [0.25, 0.3) is 0 Å². The van der Waals surface area contributed by atoms with Gasteiger partial charge in [0, 0.05) is 12.6 Å². The molecule has 1 N–H and O–H groups in total. The van der Waals surface area contributed by atoms with E-state index in [-0.39, 0.29) is 5.56 Å². The number of para-hydroxylation sites is 1. The first-order valence-corrected chi connectivity index (χ1v) is 7.25. The largest absolute Gasteiger partial charge is 0.493 e. The lowest BCUT2D eigenvalue weighted by molar-refractivity contribution is 0.0692. The lowest BCUT2D eigenvalue weighted by atomic mass is 10.2. The molecule has 0 radical (unpaired) electrons. The lowest BCUT2D eigenvalue weighted by Crippen LogP contribution is -2.32. The molecule has 1 atom stereocenters. The lowest BCUT2D eigenvalue weighted by Gasteiger charge is -2.24. The zero-order valence-electron chi connectivity index (χ0n) is 12.2. The van der Waals surface area contributed by atoms with E-state index in [0.29, 0.717) is 18.4 Å². The zero-order valence-corrected chi connectivity index (χ0v) is 12.2. The summed E-state index contributed by atoms with van der Waals surface area (Å²) < 4.78 is 5.60. The second-order valence-corrected chi connectivity index (χ2v) is 5.56. The Morgan fingerprint density at radius 3 is 2.80 bits per heavy atom. The van der Waals surface area contributed by atoms with Gasteiger partial charge in [-0.2, -0.15) is 0 Å². The van der Waals surface area contributed by atoms with Crippen molar-refractivity contribution in [2.45, 2.75) is 32.2 Å². The summed E-state index contributed by atoms with van der Waals surface area (Å²) in [7, 11) is 2.15. The van der Waals surface area contributed by atoms with Gasteiger partial charge in [-0.25, -0.2) is 4.79 Å². The Hall–Kier alpha value is -1.55. The number of rotatable bonds is 8. The Morgan fingerprint density at radius 2 is 2.15 bits per heavy atom. The summed E-state index contributed by atoms with van der Waals surface area (Å²) in [5, 5.41) is 9.06. The molecule has 1 saturated carbocycles. The topological polar surface area (TPSA) is 49.8 Å². The Labute approximate surface area is 120 Å².